The maximum atomic E-state index is 12.9. The molecule has 152 valence electrons. The van der Waals surface area contributed by atoms with Crippen molar-refractivity contribution in [1.29, 1.82) is 0 Å². The van der Waals surface area contributed by atoms with Crippen molar-refractivity contribution in [2.45, 2.75) is 0 Å². The highest BCUT2D eigenvalue weighted by atomic mass is 35.5. The SMILES string of the molecule is Cl.O=C(NCCN1CCN(c2cccc3cccnc23)CC1)c1ccc(F)cc1. The van der Waals surface area contributed by atoms with Gasteiger partial charge >= 0.3 is 0 Å². The summed E-state index contributed by atoms with van der Waals surface area (Å²) in [5.41, 5.74) is 2.71. The van der Waals surface area contributed by atoms with E-state index in [-0.39, 0.29) is 24.1 Å². The van der Waals surface area contributed by atoms with Crippen molar-refractivity contribution in [2.24, 2.45) is 0 Å². The molecule has 0 saturated carbocycles. The van der Waals surface area contributed by atoms with E-state index >= 15 is 0 Å². The van der Waals surface area contributed by atoms with Crippen molar-refractivity contribution in [2.75, 3.05) is 44.2 Å². The van der Waals surface area contributed by atoms with Crippen LogP contribution in [0.2, 0.25) is 0 Å². The first kappa shape index (κ1) is 21.0. The van der Waals surface area contributed by atoms with Gasteiger partial charge < -0.3 is 10.2 Å². The number of pyridine rings is 1. The maximum Gasteiger partial charge on any atom is 0.251 e. The van der Waals surface area contributed by atoms with Crippen LogP contribution in [0, 0.1) is 5.82 Å². The van der Waals surface area contributed by atoms with Crippen LogP contribution in [0.15, 0.2) is 60.8 Å². The van der Waals surface area contributed by atoms with Crippen molar-refractivity contribution < 1.29 is 9.18 Å². The Morgan fingerprint density at radius 1 is 1.00 bits per heavy atom. The van der Waals surface area contributed by atoms with Gasteiger partial charge in [-0.2, -0.15) is 0 Å². The molecular formula is C22H24ClFN4O. The predicted molar refractivity (Wildman–Crippen MR) is 116 cm³/mol. The van der Waals surface area contributed by atoms with E-state index < -0.39 is 0 Å². The number of para-hydroxylation sites is 1. The van der Waals surface area contributed by atoms with Crippen LogP contribution in [0.1, 0.15) is 10.4 Å². The number of carbonyl (C=O) groups excluding carboxylic acids is 1. The second-order valence-corrected chi connectivity index (χ2v) is 6.94. The van der Waals surface area contributed by atoms with E-state index in [0.717, 1.165) is 43.6 Å². The summed E-state index contributed by atoms with van der Waals surface area (Å²) in [4.78, 5) is 21.4. The molecule has 0 atom stereocenters. The summed E-state index contributed by atoms with van der Waals surface area (Å²) in [6, 6.07) is 16.0. The number of rotatable bonds is 5. The zero-order valence-corrected chi connectivity index (χ0v) is 16.9. The fourth-order valence-corrected chi connectivity index (χ4v) is 3.59. The molecule has 1 aliphatic rings. The summed E-state index contributed by atoms with van der Waals surface area (Å²) in [7, 11) is 0. The molecule has 1 aliphatic heterocycles. The van der Waals surface area contributed by atoms with Gasteiger partial charge in [0.15, 0.2) is 0 Å². The molecule has 0 spiro atoms. The number of fused-ring (bicyclic) bond motifs is 1. The molecule has 0 aliphatic carbocycles. The average molecular weight is 415 g/mol. The van der Waals surface area contributed by atoms with Gasteiger partial charge in [0.1, 0.15) is 5.82 Å². The Labute approximate surface area is 175 Å². The third kappa shape index (κ3) is 5.02. The normalized spacial score (nSPS) is 14.4. The summed E-state index contributed by atoms with van der Waals surface area (Å²) >= 11 is 0. The Morgan fingerprint density at radius 2 is 1.72 bits per heavy atom. The largest absolute Gasteiger partial charge is 0.367 e. The van der Waals surface area contributed by atoms with Gasteiger partial charge in [-0.05, 0) is 36.4 Å². The zero-order chi connectivity index (χ0) is 19.3. The van der Waals surface area contributed by atoms with Gasteiger partial charge in [-0.25, -0.2) is 4.39 Å². The zero-order valence-electron chi connectivity index (χ0n) is 16.1. The lowest BCUT2D eigenvalue weighted by molar-refractivity contribution is 0.0947. The quantitative estimate of drug-likeness (QED) is 0.695. The van der Waals surface area contributed by atoms with Crippen LogP contribution < -0.4 is 10.2 Å². The summed E-state index contributed by atoms with van der Waals surface area (Å²) in [6.07, 6.45) is 1.84. The van der Waals surface area contributed by atoms with E-state index in [1.807, 2.05) is 12.3 Å². The smallest absolute Gasteiger partial charge is 0.251 e. The number of halogens is 2. The highest BCUT2D eigenvalue weighted by Gasteiger charge is 2.19. The average Bonchev–Trinajstić information content (AvgIpc) is 2.74. The van der Waals surface area contributed by atoms with E-state index in [1.54, 1.807) is 0 Å². The van der Waals surface area contributed by atoms with Gasteiger partial charge in [0.25, 0.3) is 5.91 Å². The molecule has 3 aromatic rings. The second-order valence-electron chi connectivity index (χ2n) is 6.94. The van der Waals surface area contributed by atoms with Crippen molar-refractivity contribution in [1.82, 2.24) is 15.2 Å². The van der Waals surface area contributed by atoms with Gasteiger partial charge in [0.2, 0.25) is 0 Å². The van der Waals surface area contributed by atoms with Crippen LogP contribution in [0.25, 0.3) is 10.9 Å². The van der Waals surface area contributed by atoms with Crippen molar-refractivity contribution >= 4 is 34.9 Å². The van der Waals surface area contributed by atoms with Crippen molar-refractivity contribution in [3.05, 3.63) is 72.2 Å². The van der Waals surface area contributed by atoms with E-state index in [0.29, 0.717) is 12.1 Å². The van der Waals surface area contributed by atoms with Gasteiger partial charge in [0, 0.05) is 56.4 Å². The Kier molecular flexibility index (Phi) is 7.01. The Morgan fingerprint density at radius 3 is 2.48 bits per heavy atom. The molecule has 2 aromatic carbocycles. The second kappa shape index (κ2) is 9.67. The van der Waals surface area contributed by atoms with Gasteiger partial charge in [0.05, 0.1) is 11.2 Å². The molecule has 7 heteroatoms. The first-order chi connectivity index (χ1) is 13.7. The molecule has 1 aromatic heterocycles. The lowest BCUT2D eigenvalue weighted by atomic mass is 10.1. The molecule has 0 bridgehead atoms. The molecule has 1 N–H and O–H groups in total. The fourth-order valence-electron chi connectivity index (χ4n) is 3.59. The highest BCUT2D eigenvalue weighted by molar-refractivity contribution is 5.94. The van der Waals surface area contributed by atoms with Gasteiger partial charge in [-0.15, -0.1) is 12.4 Å². The van der Waals surface area contributed by atoms with Crippen molar-refractivity contribution in [3.8, 4) is 0 Å². The summed E-state index contributed by atoms with van der Waals surface area (Å²) in [6.45, 7) is 5.12. The molecule has 1 fully saturated rings. The van der Waals surface area contributed by atoms with Crippen LogP contribution in [0.4, 0.5) is 10.1 Å². The number of benzene rings is 2. The molecule has 0 radical (unpaired) electrons. The lowest BCUT2D eigenvalue weighted by Crippen LogP contribution is -2.48. The van der Waals surface area contributed by atoms with Crippen LogP contribution in [-0.4, -0.2) is 55.1 Å². The first-order valence-electron chi connectivity index (χ1n) is 9.55. The topological polar surface area (TPSA) is 48.5 Å². The monoisotopic (exact) mass is 414 g/mol. The number of amides is 1. The Hall–Kier alpha value is -2.70. The van der Waals surface area contributed by atoms with Gasteiger partial charge in [-0.1, -0.05) is 18.2 Å². The molecule has 4 rings (SSSR count). The number of hydrogen-bond donors (Lipinski definition) is 1. The van der Waals surface area contributed by atoms with Crippen LogP contribution in [0.3, 0.4) is 0 Å². The summed E-state index contributed by atoms with van der Waals surface area (Å²) < 4.78 is 12.9. The summed E-state index contributed by atoms with van der Waals surface area (Å²) in [5.74, 6) is -0.503. The number of nitrogens with one attached hydrogen (secondary N) is 1. The molecule has 29 heavy (non-hydrogen) atoms. The lowest BCUT2D eigenvalue weighted by Gasteiger charge is -2.36. The molecule has 1 amide bonds. The molecule has 2 heterocycles. The van der Waals surface area contributed by atoms with Gasteiger partial charge in [-0.3, -0.25) is 14.7 Å². The third-order valence-corrected chi connectivity index (χ3v) is 5.14. The van der Waals surface area contributed by atoms with Crippen LogP contribution in [-0.2, 0) is 0 Å². The number of aromatic nitrogens is 1. The van der Waals surface area contributed by atoms with Crippen LogP contribution >= 0.6 is 12.4 Å². The standard InChI is InChI=1S/C22H23FN4O.ClH/c23-19-8-6-18(7-9-19)22(28)25-11-12-26-13-15-27(16-14-26)20-5-1-3-17-4-2-10-24-21(17)20;/h1-10H,11-16H2,(H,25,28);1H. The molecule has 0 unspecified atom stereocenters. The van der Waals surface area contributed by atoms with E-state index in [2.05, 4.69) is 44.4 Å². The first-order valence-corrected chi connectivity index (χ1v) is 9.55. The maximum absolute atomic E-state index is 12.9. The number of nitrogens with zero attached hydrogens (tertiary/aromatic N) is 3. The highest BCUT2D eigenvalue weighted by Crippen LogP contribution is 2.25. The van der Waals surface area contributed by atoms with E-state index in [1.165, 1.54) is 30.0 Å². The van der Waals surface area contributed by atoms with E-state index in [9.17, 15) is 9.18 Å². The molecular weight excluding hydrogens is 391 g/mol. The Bertz CT molecular complexity index is 953. The fraction of sp³-hybridized carbons (Fsp3) is 0.273. The molecule has 1 saturated heterocycles. The minimum atomic E-state index is -0.337. The summed E-state index contributed by atoms with van der Waals surface area (Å²) in [5, 5.41) is 4.06. The number of piperazine rings is 1. The number of anilines is 1. The molecule has 5 nitrogen and oxygen atoms in total. The van der Waals surface area contributed by atoms with Crippen LogP contribution in [0.5, 0.6) is 0 Å². The minimum absolute atomic E-state index is 0. The third-order valence-electron chi connectivity index (χ3n) is 5.14. The predicted octanol–water partition coefficient (Wildman–Crippen LogP) is 3.35. The number of hydrogen-bond acceptors (Lipinski definition) is 4. The Balaban J connectivity index is 0.00000240. The minimum Gasteiger partial charge on any atom is -0.367 e. The number of carbonyl (C=O) groups is 1. The van der Waals surface area contributed by atoms with E-state index in [4.69, 9.17) is 0 Å². The van der Waals surface area contributed by atoms with Crippen molar-refractivity contribution in [3.63, 3.8) is 0 Å².